The zero-order chi connectivity index (χ0) is 18.5. The highest BCUT2D eigenvalue weighted by Gasteiger charge is 2.37. The molecule has 2 unspecified atom stereocenters. The molecule has 3 aromatic rings. The molecular weight excluding hydrogens is 344 g/mol. The first-order valence-electron chi connectivity index (χ1n) is 9.12. The summed E-state index contributed by atoms with van der Waals surface area (Å²) in [5.74, 6) is 0.0339. The number of fused-ring (bicyclic) bond motifs is 5. The van der Waals surface area contributed by atoms with Gasteiger partial charge in [0.2, 0.25) is 0 Å². The summed E-state index contributed by atoms with van der Waals surface area (Å²) in [4.78, 5) is 39.3. The summed E-state index contributed by atoms with van der Waals surface area (Å²) < 4.78 is 7.15. The smallest absolute Gasteiger partial charge is 0.349 e. The minimum Gasteiger partial charge on any atom is -0.422 e. The maximum absolute atomic E-state index is 13.1. The standard InChI is InChI=1S/C21H18N2O4/c24-19-7-3-5-17-15-8-13(11-23(17)19)10-22(12-15)20(25)16-9-14-4-1-2-6-18(14)27-21(16)26/h1-7,9,13,15H,8,10-12H2. The maximum Gasteiger partial charge on any atom is 0.349 e. The Hall–Kier alpha value is -3.15. The lowest BCUT2D eigenvalue weighted by molar-refractivity contribution is 0.0590. The molecule has 1 saturated heterocycles. The zero-order valence-electron chi connectivity index (χ0n) is 14.6. The third kappa shape index (κ3) is 2.60. The molecular formula is C21H18N2O4. The number of hydrogen-bond acceptors (Lipinski definition) is 4. The van der Waals surface area contributed by atoms with E-state index >= 15 is 0 Å². The van der Waals surface area contributed by atoms with Crippen LogP contribution < -0.4 is 11.2 Å². The van der Waals surface area contributed by atoms with Gasteiger partial charge in [0.1, 0.15) is 11.1 Å². The highest BCUT2D eigenvalue weighted by atomic mass is 16.4. The lowest BCUT2D eigenvalue weighted by Crippen LogP contribution is -2.49. The van der Waals surface area contributed by atoms with Crippen molar-refractivity contribution >= 4 is 16.9 Å². The van der Waals surface area contributed by atoms with E-state index in [9.17, 15) is 14.4 Å². The third-order valence-electron chi connectivity index (χ3n) is 5.64. The zero-order valence-corrected chi connectivity index (χ0v) is 14.6. The predicted octanol–water partition coefficient (Wildman–Crippen LogP) is 2.21. The van der Waals surface area contributed by atoms with E-state index in [1.54, 1.807) is 35.2 Å². The molecule has 5 rings (SSSR count). The number of piperidine rings is 1. The number of pyridine rings is 1. The van der Waals surface area contributed by atoms with Gasteiger partial charge >= 0.3 is 5.63 Å². The average Bonchev–Trinajstić information content (AvgIpc) is 2.67. The van der Waals surface area contributed by atoms with Crippen molar-refractivity contribution in [1.29, 1.82) is 0 Å². The molecule has 2 atom stereocenters. The highest BCUT2D eigenvalue weighted by molar-refractivity contribution is 5.96. The number of benzene rings is 1. The minimum atomic E-state index is -0.606. The average molecular weight is 362 g/mol. The quantitative estimate of drug-likeness (QED) is 0.622. The number of para-hydroxylation sites is 1. The van der Waals surface area contributed by atoms with Gasteiger partial charge in [-0.05, 0) is 30.5 Å². The Labute approximate surface area is 154 Å². The molecule has 2 bridgehead atoms. The van der Waals surface area contributed by atoms with Crippen molar-refractivity contribution in [2.45, 2.75) is 18.9 Å². The molecule has 136 valence electrons. The fourth-order valence-electron chi connectivity index (χ4n) is 4.44. The normalized spacial score (nSPS) is 21.1. The van der Waals surface area contributed by atoms with Crippen LogP contribution in [-0.2, 0) is 6.54 Å². The summed E-state index contributed by atoms with van der Waals surface area (Å²) in [7, 11) is 0. The summed E-state index contributed by atoms with van der Waals surface area (Å²) >= 11 is 0. The fourth-order valence-corrected chi connectivity index (χ4v) is 4.44. The van der Waals surface area contributed by atoms with Crippen LogP contribution in [0.5, 0.6) is 0 Å². The molecule has 1 fully saturated rings. The second-order valence-corrected chi connectivity index (χ2v) is 7.39. The van der Waals surface area contributed by atoms with Gasteiger partial charge in [0.15, 0.2) is 0 Å². The Morgan fingerprint density at radius 1 is 1.00 bits per heavy atom. The van der Waals surface area contributed by atoms with Crippen LogP contribution in [0, 0.1) is 5.92 Å². The van der Waals surface area contributed by atoms with Crippen LogP contribution in [0.25, 0.3) is 11.0 Å². The molecule has 0 spiro atoms. The van der Waals surface area contributed by atoms with Crippen molar-refractivity contribution < 1.29 is 9.21 Å². The Balaban J connectivity index is 1.50. The summed E-state index contributed by atoms with van der Waals surface area (Å²) in [6.07, 6.45) is 0.958. The molecule has 4 heterocycles. The molecule has 0 saturated carbocycles. The van der Waals surface area contributed by atoms with E-state index in [4.69, 9.17) is 4.42 Å². The number of hydrogen-bond donors (Lipinski definition) is 0. The van der Waals surface area contributed by atoms with Crippen LogP contribution in [0.2, 0.25) is 0 Å². The Kier molecular flexibility index (Phi) is 3.53. The first kappa shape index (κ1) is 16.1. The van der Waals surface area contributed by atoms with Gasteiger partial charge in [-0.15, -0.1) is 0 Å². The predicted molar refractivity (Wildman–Crippen MR) is 99.9 cm³/mol. The van der Waals surface area contributed by atoms with E-state index in [1.165, 1.54) is 0 Å². The van der Waals surface area contributed by atoms with Crippen molar-refractivity contribution in [2.24, 2.45) is 5.92 Å². The molecule has 6 nitrogen and oxygen atoms in total. The molecule has 0 radical (unpaired) electrons. The van der Waals surface area contributed by atoms with Gasteiger partial charge in [-0.3, -0.25) is 9.59 Å². The highest BCUT2D eigenvalue weighted by Crippen LogP contribution is 2.35. The van der Waals surface area contributed by atoms with E-state index in [-0.39, 0.29) is 28.9 Å². The van der Waals surface area contributed by atoms with Crippen LogP contribution in [0.15, 0.2) is 62.5 Å². The van der Waals surface area contributed by atoms with Crippen molar-refractivity contribution in [2.75, 3.05) is 13.1 Å². The monoisotopic (exact) mass is 362 g/mol. The number of aromatic nitrogens is 1. The Morgan fingerprint density at radius 2 is 1.85 bits per heavy atom. The van der Waals surface area contributed by atoms with Crippen molar-refractivity contribution in [3.63, 3.8) is 0 Å². The van der Waals surface area contributed by atoms with Crippen LogP contribution in [0.3, 0.4) is 0 Å². The summed E-state index contributed by atoms with van der Waals surface area (Å²) in [6.45, 7) is 1.66. The largest absolute Gasteiger partial charge is 0.422 e. The molecule has 1 aromatic carbocycles. The van der Waals surface area contributed by atoms with Crippen LogP contribution in [0.4, 0.5) is 0 Å². The van der Waals surface area contributed by atoms with Gasteiger partial charge in [-0.1, -0.05) is 24.3 Å². The van der Waals surface area contributed by atoms with E-state index in [1.807, 2.05) is 22.8 Å². The number of likely N-dealkylation sites (tertiary alicyclic amines) is 1. The Morgan fingerprint density at radius 3 is 2.74 bits per heavy atom. The Bertz CT molecular complexity index is 1180. The van der Waals surface area contributed by atoms with Gasteiger partial charge in [0, 0.05) is 42.7 Å². The van der Waals surface area contributed by atoms with Gasteiger partial charge in [0.05, 0.1) is 0 Å². The molecule has 2 aliphatic rings. The van der Waals surface area contributed by atoms with Crippen LogP contribution in [0.1, 0.15) is 28.4 Å². The minimum absolute atomic E-state index is 0.0113. The number of carbonyl (C=O) groups is 1. The van der Waals surface area contributed by atoms with Gasteiger partial charge in [-0.25, -0.2) is 4.79 Å². The third-order valence-corrected chi connectivity index (χ3v) is 5.64. The van der Waals surface area contributed by atoms with Gasteiger partial charge in [0.25, 0.3) is 11.5 Å². The second-order valence-electron chi connectivity index (χ2n) is 7.39. The van der Waals surface area contributed by atoms with E-state index in [0.29, 0.717) is 25.2 Å². The summed E-state index contributed by atoms with van der Waals surface area (Å²) in [5.41, 5.74) is 0.923. The lowest BCUT2D eigenvalue weighted by Gasteiger charge is -2.42. The number of carbonyl (C=O) groups excluding carboxylic acids is 1. The van der Waals surface area contributed by atoms with Crippen molar-refractivity contribution in [3.8, 4) is 0 Å². The van der Waals surface area contributed by atoms with Gasteiger partial charge in [-0.2, -0.15) is 0 Å². The molecule has 0 aliphatic carbocycles. The molecule has 27 heavy (non-hydrogen) atoms. The topological polar surface area (TPSA) is 72.5 Å². The second kappa shape index (κ2) is 5.94. The molecule has 2 aromatic heterocycles. The lowest BCUT2D eigenvalue weighted by atomic mass is 9.83. The number of rotatable bonds is 1. The van der Waals surface area contributed by atoms with Crippen molar-refractivity contribution in [1.82, 2.24) is 9.47 Å². The SMILES string of the molecule is O=C(c1cc2ccccc2oc1=O)N1CC2CC(C1)c1cccc(=O)n1C2. The summed E-state index contributed by atoms with van der Waals surface area (Å²) in [5, 5.41) is 0.731. The number of nitrogens with zero attached hydrogens (tertiary/aromatic N) is 2. The maximum atomic E-state index is 13.1. The van der Waals surface area contributed by atoms with Crippen LogP contribution in [-0.4, -0.2) is 28.5 Å². The fraction of sp³-hybridized carbons (Fsp3) is 0.286. The first-order valence-corrected chi connectivity index (χ1v) is 9.12. The number of amides is 1. The summed E-state index contributed by atoms with van der Waals surface area (Å²) in [6, 6.07) is 14.1. The van der Waals surface area contributed by atoms with E-state index < -0.39 is 5.63 Å². The molecule has 1 amide bonds. The van der Waals surface area contributed by atoms with E-state index in [2.05, 4.69) is 0 Å². The van der Waals surface area contributed by atoms with E-state index in [0.717, 1.165) is 17.5 Å². The molecule has 2 aliphatic heterocycles. The molecule has 6 heteroatoms. The molecule has 0 N–H and O–H groups in total. The first-order chi connectivity index (χ1) is 13.1. The van der Waals surface area contributed by atoms with Gasteiger partial charge < -0.3 is 13.9 Å². The van der Waals surface area contributed by atoms with Crippen LogP contribution >= 0.6 is 0 Å². The van der Waals surface area contributed by atoms with Crippen molar-refractivity contribution in [3.05, 3.63) is 80.6 Å².